The van der Waals surface area contributed by atoms with E-state index in [0.29, 0.717) is 0 Å². The fourth-order valence-corrected chi connectivity index (χ4v) is 2.30. The third kappa shape index (κ3) is 2.67. The number of imidazole rings is 1. The van der Waals surface area contributed by atoms with Crippen molar-refractivity contribution in [2.45, 2.75) is 20.4 Å². The highest BCUT2D eigenvalue weighted by Gasteiger charge is 2.06. The van der Waals surface area contributed by atoms with Crippen LogP contribution < -0.4 is 10.1 Å². The third-order valence-corrected chi connectivity index (χ3v) is 3.27. The third-order valence-electron chi connectivity index (χ3n) is 2.65. The number of aromatic nitrogens is 2. The van der Waals surface area contributed by atoms with Crippen LogP contribution >= 0.6 is 15.9 Å². The molecular weight excluding hydrogens is 294 g/mol. The van der Waals surface area contributed by atoms with Crippen molar-refractivity contribution < 1.29 is 4.74 Å². The second kappa shape index (κ2) is 5.44. The Labute approximate surface area is 115 Å². The SMILES string of the molecule is CCn1cc(C)nc1Nc1ccc(OC)c(Br)c1. The van der Waals surface area contributed by atoms with Crippen LogP contribution in [0.1, 0.15) is 12.6 Å². The first-order chi connectivity index (χ1) is 8.63. The Morgan fingerprint density at radius 2 is 2.22 bits per heavy atom. The molecule has 0 fully saturated rings. The van der Waals surface area contributed by atoms with E-state index >= 15 is 0 Å². The first kappa shape index (κ1) is 13.0. The fourth-order valence-electron chi connectivity index (χ4n) is 1.76. The summed E-state index contributed by atoms with van der Waals surface area (Å²) in [6.07, 6.45) is 2.03. The Bertz CT molecular complexity index is 551. The molecule has 0 aliphatic carbocycles. The van der Waals surface area contributed by atoms with E-state index in [1.165, 1.54) is 0 Å². The normalized spacial score (nSPS) is 10.4. The van der Waals surface area contributed by atoms with Crippen LogP contribution in [0.3, 0.4) is 0 Å². The van der Waals surface area contributed by atoms with Gasteiger partial charge in [0.1, 0.15) is 5.75 Å². The van der Waals surface area contributed by atoms with Gasteiger partial charge in [0.2, 0.25) is 5.95 Å². The highest BCUT2D eigenvalue weighted by Crippen LogP contribution is 2.29. The number of ether oxygens (including phenoxy) is 1. The van der Waals surface area contributed by atoms with Crippen LogP contribution in [0.15, 0.2) is 28.9 Å². The van der Waals surface area contributed by atoms with E-state index in [0.717, 1.165) is 34.1 Å². The van der Waals surface area contributed by atoms with Gasteiger partial charge in [0.05, 0.1) is 17.3 Å². The lowest BCUT2D eigenvalue weighted by molar-refractivity contribution is 0.412. The van der Waals surface area contributed by atoms with Gasteiger partial charge in [-0.3, -0.25) is 0 Å². The minimum atomic E-state index is 0.815. The number of nitrogens with zero attached hydrogens (tertiary/aromatic N) is 2. The molecule has 1 N–H and O–H groups in total. The largest absolute Gasteiger partial charge is 0.496 e. The molecule has 0 unspecified atom stereocenters. The zero-order valence-electron chi connectivity index (χ0n) is 10.7. The number of aryl methyl sites for hydroxylation is 2. The van der Waals surface area contributed by atoms with Gasteiger partial charge >= 0.3 is 0 Å². The summed E-state index contributed by atoms with van der Waals surface area (Å²) < 4.78 is 8.20. The number of nitrogens with one attached hydrogen (secondary N) is 1. The Morgan fingerprint density at radius 3 is 2.83 bits per heavy atom. The summed E-state index contributed by atoms with van der Waals surface area (Å²) in [4.78, 5) is 4.45. The minimum absolute atomic E-state index is 0.815. The van der Waals surface area contributed by atoms with Crippen molar-refractivity contribution in [3.8, 4) is 5.75 Å². The van der Waals surface area contributed by atoms with Gasteiger partial charge in [-0.2, -0.15) is 0 Å². The molecular formula is C13H16BrN3O. The minimum Gasteiger partial charge on any atom is -0.496 e. The molecule has 2 rings (SSSR count). The molecule has 18 heavy (non-hydrogen) atoms. The van der Waals surface area contributed by atoms with E-state index in [1.54, 1.807) is 7.11 Å². The zero-order valence-corrected chi connectivity index (χ0v) is 12.3. The molecule has 0 spiro atoms. The fraction of sp³-hybridized carbons (Fsp3) is 0.308. The average molecular weight is 310 g/mol. The smallest absolute Gasteiger partial charge is 0.207 e. The molecule has 1 heterocycles. The highest BCUT2D eigenvalue weighted by molar-refractivity contribution is 9.10. The van der Waals surface area contributed by atoms with Gasteiger partial charge in [0, 0.05) is 18.4 Å². The monoisotopic (exact) mass is 309 g/mol. The molecule has 0 aliphatic rings. The number of hydrogen-bond donors (Lipinski definition) is 1. The lowest BCUT2D eigenvalue weighted by Gasteiger charge is -2.09. The van der Waals surface area contributed by atoms with Crippen molar-refractivity contribution in [2.24, 2.45) is 0 Å². The Morgan fingerprint density at radius 1 is 1.44 bits per heavy atom. The standard InChI is InChI=1S/C13H16BrN3O/c1-4-17-8-9(2)15-13(17)16-10-5-6-12(18-3)11(14)7-10/h5-8H,4H2,1-3H3,(H,15,16). The number of anilines is 2. The van der Waals surface area contributed by atoms with Gasteiger partial charge in [-0.05, 0) is 48.0 Å². The van der Waals surface area contributed by atoms with Crippen LogP contribution in [0.2, 0.25) is 0 Å². The molecule has 0 atom stereocenters. The molecule has 1 aromatic carbocycles. The summed E-state index contributed by atoms with van der Waals surface area (Å²) in [5.74, 6) is 1.67. The molecule has 0 saturated heterocycles. The first-order valence-electron chi connectivity index (χ1n) is 5.78. The van der Waals surface area contributed by atoms with E-state index in [4.69, 9.17) is 4.74 Å². The van der Waals surface area contributed by atoms with Crippen molar-refractivity contribution in [2.75, 3.05) is 12.4 Å². The van der Waals surface area contributed by atoms with E-state index in [1.807, 2.05) is 31.3 Å². The van der Waals surface area contributed by atoms with E-state index in [-0.39, 0.29) is 0 Å². The van der Waals surface area contributed by atoms with Crippen molar-refractivity contribution in [3.05, 3.63) is 34.6 Å². The van der Waals surface area contributed by atoms with Gasteiger partial charge in [-0.25, -0.2) is 4.98 Å². The lowest BCUT2D eigenvalue weighted by Crippen LogP contribution is -2.01. The predicted molar refractivity (Wildman–Crippen MR) is 76.6 cm³/mol. The maximum atomic E-state index is 5.20. The maximum absolute atomic E-state index is 5.20. The summed E-state index contributed by atoms with van der Waals surface area (Å²) in [5.41, 5.74) is 1.98. The number of hydrogen-bond acceptors (Lipinski definition) is 3. The van der Waals surface area contributed by atoms with Crippen molar-refractivity contribution in [1.29, 1.82) is 0 Å². The van der Waals surface area contributed by atoms with Crippen LogP contribution in [0.5, 0.6) is 5.75 Å². The molecule has 4 nitrogen and oxygen atoms in total. The van der Waals surface area contributed by atoms with Crippen molar-refractivity contribution in [1.82, 2.24) is 9.55 Å². The summed E-state index contributed by atoms with van der Waals surface area (Å²) >= 11 is 3.47. The molecule has 1 aromatic heterocycles. The molecule has 2 aromatic rings. The summed E-state index contributed by atoms with van der Waals surface area (Å²) in [5, 5.41) is 3.30. The second-order valence-electron chi connectivity index (χ2n) is 3.97. The summed E-state index contributed by atoms with van der Waals surface area (Å²) in [7, 11) is 1.65. The molecule has 0 amide bonds. The van der Waals surface area contributed by atoms with E-state index < -0.39 is 0 Å². The molecule has 5 heteroatoms. The molecule has 0 radical (unpaired) electrons. The van der Waals surface area contributed by atoms with Crippen LogP contribution in [-0.4, -0.2) is 16.7 Å². The molecule has 0 saturated carbocycles. The van der Waals surface area contributed by atoms with Crippen LogP contribution in [-0.2, 0) is 6.54 Å². The quantitative estimate of drug-likeness (QED) is 0.935. The molecule has 0 aliphatic heterocycles. The molecule has 0 bridgehead atoms. The van der Waals surface area contributed by atoms with E-state index in [2.05, 4.69) is 37.7 Å². The van der Waals surface area contributed by atoms with Gasteiger partial charge < -0.3 is 14.6 Å². The predicted octanol–water partition coefficient (Wildman–Crippen LogP) is 3.73. The van der Waals surface area contributed by atoms with Gasteiger partial charge in [0.15, 0.2) is 0 Å². The lowest BCUT2D eigenvalue weighted by atomic mass is 10.3. The Kier molecular flexibility index (Phi) is 3.91. The van der Waals surface area contributed by atoms with Crippen molar-refractivity contribution in [3.63, 3.8) is 0 Å². The number of rotatable bonds is 4. The molecule has 96 valence electrons. The Balaban J connectivity index is 2.25. The highest BCUT2D eigenvalue weighted by atomic mass is 79.9. The van der Waals surface area contributed by atoms with Crippen LogP contribution in [0.4, 0.5) is 11.6 Å². The number of methoxy groups -OCH3 is 1. The van der Waals surface area contributed by atoms with E-state index in [9.17, 15) is 0 Å². The average Bonchev–Trinajstić information content (AvgIpc) is 2.70. The van der Waals surface area contributed by atoms with Gasteiger partial charge in [-0.15, -0.1) is 0 Å². The number of halogens is 1. The topological polar surface area (TPSA) is 39.1 Å². The number of benzene rings is 1. The zero-order chi connectivity index (χ0) is 13.1. The summed E-state index contributed by atoms with van der Waals surface area (Å²) in [6.45, 7) is 4.97. The van der Waals surface area contributed by atoms with Crippen LogP contribution in [0, 0.1) is 6.92 Å². The van der Waals surface area contributed by atoms with Gasteiger partial charge in [-0.1, -0.05) is 0 Å². The maximum Gasteiger partial charge on any atom is 0.207 e. The van der Waals surface area contributed by atoms with Crippen molar-refractivity contribution >= 4 is 27.6 Å². The first-order valence-corrected chi connectivity index (χ1v) is 6.57. The van der Waals surface area contributed by atoms with Gasteiger partial charge in [0.25, 0.3) is 0 Å². The summed E-state index contributed by atoms with van der Waals surface area (Å²) in [6, 6.07) is 5.86. The second-order valence-corrected chi connectivity index (χ2v) is 4.82. The Hall–Kier alpha value is -1.49. The van der Waals surface area contributed by atoms with Crippen LogP contribution in [0.25, 0.3) is 0 Å².